The Balaban J connectivity index is 1.37. The molecular formula is C49H29N5. The fourth-order valence-corrected chi connectivity index (χ4v) is 7.49. The van der Waals surface area contributed by atoms with Crippen LogP contribution in [0.5, 0.6) is 0 Å². The van der Waals surface area contributed by atoms with Gasteiger partial charge in [0, 0.05) is 27.1 Å². The van der Waals surface area contributed by atoms with Crippen molar-refractivity contribution in [2.45, 2.75) is 0 Å². The van der Waals surface area contributed by atoms with Crippen molar-refractivity contribution in [2.75, 3.05) is 0 Å². The van der Waals surface area contributed by atoms with E-state index in [2.05, 4.69) is 12.1 Å². The highest BCUT2D eigenvalue weighted by molar-refractivity contribution is 6.12. The second-order valence-electron chi connectivity index (χ2n) is 12.6. The van der Waals surface area contributed by atoms with E-state index in [1.807, 2.05) is 66.7 Å². The molecule has 0 atom stereocenters. The summed E-state index contributed by atoms with van der Waals surface area (Å²) in [5.41, 5.74) is 3.98. The van der Waals surface area contributed by atoms with E-state index in [-0.39, 0.29) is 58.1 Å². The van der Waals surface area contributed by atoms with E-state index in [1.54, 1.807) is 57.7 Å². The molecule has 0 saturated carbocycles. The highest BCUT2D eigenvalue weighted by Gasteiger charge is 2.27. The quantitative estimate of drug-likeness (QED) is 0.180. The molecule has 54 heavy (non-hydrogen) atoms. The maximum absolute atomic E-state index is 11.3. The number of fused-ring (bicyclic) bond motifs is 6. The summed E-state index contributed by atoms with van der Waals surface area (Å²) < 4.78 is 88.7. The topological polar surface area (TPSA) is 70.3 Å². The van der Waals surface area contributed by atoms with E-state index >= 15 is 0 Å². The Hall–Kier alpha value is -7.73. The van der Waals surface area contributed by atoms with E-state index in [1.165, 1.54) is 0 Å². The molecule has 3 heterocycles. The van der Waals surface area contributed by atoms with E-state index in [9.17, 15) is 10.5 Å². The average Bonchev–Trinajstić information content (AvgIpc) is 3.83. The van der Waals surface area contributed by atoms with Crippen LogP contribution >= 0.6 is 0 Å². The Morgan fingerprint density at radius 1 is 0.426 bits per heavy atom. The summed E-state index contributed by atoms with van der Waals surface area (Å²) in [7, 11) is 0. The lowest BCUT2D eigenvalue weighted by atomic mass is 9.95. The van der Waals surface area contributed by atoms with Gasteiger partial charge in [-0.3, -0.25) is 9.13 Å². The lowest BCUT2D eigenvalue weighted by Gasteiger charge is -2.19. The summed E-state index contributed by atoms with van der Waals surface area (Å²) in [5, 5.41) is 25.5. The zero-order valence-electron chi connectivity index (χ0n) is 38.2. The maximum atomic E-state index is 11.3. The molecule has 5 heteroatoms. The van der Waals surface area contributed by atoms with E-state index < -0.39 is 36.3 Å². The number of rotatable bonds is 5. The first kappa shape index (κ1) is 22.3. The van der Waals surface area contributed by atoms with Gasteiger partial charge in [-0.05, 0) is 52.1 Å². The molecule has 5 nitrogen and oxygen atoms in total. The van der Waals surface area contributed by atoms with Crippen molar-refractivity contribution in [1.82, 2.24) is 14.1 Å². The third-order valence-corrected chi connectivity index (χ3v) is 9.79. The van der Waals surface area contributed by atoms with Gasteiger partial charge < -0.3 is 0 Å². The van der Waals surface area contributed by atoms with Crippen LogP contribution in [0.3, 0.4) is 0 Å². The minimum absolute atomic E-state index is 0.00358. The molecule has 0 unspecified atom stereocenters. The van der Waals surface area contributed by atoms with Crippen molar-refractivity contribution in [2.24, 2.45) is 0 Å². The van der Waals surface area contributed by atoms with Gasteiger partial charge in [0.15, 0.2) is 11.6 Å². The lowest BCUT2D eigenvalue weighted by Crippen LogP contribution is -2.11. The number of pyridine rings is 1. The van der Waals surface area contributed by atoms with Crippen LogP contribution in [-0.2, 0) is 0 Å². The smallest absolute Gasteiger partial charge is 0.158 e. The Morgan fingerprint density at radius 3 is 1.31 bits per heavy atom. The molecule has 10 aromatic rings. The van der Waals surface area contributed by atoms with Crippen LogP contribution in [0, 0.1) is 22.7 Å². The van der Waals surface area contributed by atoms with Crippen LogP contribution in [0.25, 0.3) is 88.6 Å². The number of hydrogen-bond donors (Lipinski definition) is 0. The first-order valence-electron chi connectivity index (χ1n) is 22.0. The minimum atomic E-state index is -0.513. The van der Waals surface area contributed by atoms with Crippen LogP contribution in [0.4, 0.5) is 0 Å². The molecular weight excluding hydrogens is 659 g/mol. The second kappa shape index (κ2) is 12.5. The zero-order chi connectivity index (χ0) is 44.9. The monoisotopic (exact) mass is 697 g/mol. The van der Waals surface area contributed by atoms with Crippen molar-refractivity contribution in [3.63, 3.8) is 0 Å². The lowest BCUT2D eigenvalue weighted by molar-refractivity contribution is 1.00. The standard InChI is InChI=1S/C49H29N5/c50-30-41-47(34-18-8-3-9-19-34)42(31-51)49(54-44-23-13-11-21-38(44)40-27-25-36(29-46(40)54)33-16-6-2-7-17-33)52-48(41)53-43-22-12-10-20-37(43)39-26-24-35(28-45(39)53)32-14-4-1-5-15-32/h1-29H/i1D,2D,4D,5D,6D,7D,14D,15D,16D,17D. The molecule has 7 aromatic carbocycles. The van der Waals surface area contributed by atoms with Crippen molar-refractivity contribution in [3.8, 4) is 57.2 Å². The van der Waals surface area contributed by atoms with Gasteiger partial charge in [-0.1, -0.05) is 151 Å². The zero-order valence-corrected chi connectivity index (χ0v) is 28.2. The number of benzene rings is 7. The highest BCUT2D eigenvalue weighted by atomic mass is 15.1. The summed E-state index contributed by atoms with van der Waals surface area (Å²) >= 11 is 0. The third kappa shape index (κ3) is 4.74. The molecule has 0 N–H and O–H groups in total. The predicted molar refractivity (Wildman–Crippen MR) is 219 cm³/mol. The molecule has 0 saturated heterocycles. The van der Waals surface area contributed by atoms with Gasteiger partial charge in [0.05, 0.1) is 35.8 Å². The van der Waals surface area contributed by atoms with Gasteiger partial charge in [0.25, 0.3) is 0 Å². The first-order chi connectivity index (χ1) is 30.9. The van der Waals surface area contributed by atoms with Crippen molar-refractivity contribution < 1.29 is 13.7 Å². The highest BCUT2D eigenvalue weighted by Crippen LogP contribution is 2.42. The number of aromatic nitrogens is 3. The summed E-state index contributed by atoms with van der Waals surface area (Å²) in [6, 6.07) is 34.9. The van der Waals surface area contributed by atoms with Gasteiger partial charge in [-0.15, -0.1) is 0 Å². The molecule has 0 radical (unpaired) electrons. The molecule has 0 spiro atoms. The average molecular weight is 698 g/mol. The van der Waals surface area contributed by atoms with Gasteiger partial charge in [-0.2, -0.15) is 10.5 Å². The summed E-state index contributed by atoms with van der Waals surface area (Å²) in [6.45, 7) is 0. The fourth-order valence-electron chi connectivity index (χ4n) is 7.49. The normalized spacial score (nSPS) is 13.9. The summed E-state index contributed by atoms with van der Waals surface area (Å²) in [6.07, 6.45) is 0. The van der Waals surface area contributed by atoms with Crippen molar-refractivity contribution in [3.05, 3.63) is 187 Å². The summed E-state index contributed by atoms with van der Waals surface area (Å²) in [5.74, 6) is 0.292. The number of para-hydroxylation sites is 2. The van der Waals surface area contributed by atoms with Crippen LogP contribution in [0.15, 0.2) is 176 Å². The van der Waals surface area contributed by atoms with Crippen LogP contribution < -0.4 is 0 Å². The number of nitriles is 2. The Bertz CT molecular complexity index is 3490. The minimum Gasteiger partial charge on any atom is -0.293 e. The third-order valence-electron chi connectivity index (χ3n) is 9.79. The first-order valence-corrected chi connectivity index (χ1v) is 17.0. The predicted octanol–water partition coefficient (Wildman–Crippen LogP) is 12.0. The molecule has 0 aliphatic carbocycles. The SMILES string of the molecule is [2H]c1c([2H])c([2H])c(-c2ccc3c4ccccc4n(-c4nc(-n5c6ccccc6c6ccc(-c7c([2H])c([2H])c([2H])c([2H])c7[2H])cc65)c(C#N)c(-c5ccccc5)c4C#N)c3c2)c([2H])c1[2H]. The number of nitrogens with zero attached hydrogens (tertiary/aromatic N) is 5. The van der Waals surface area contributed by atoms with Gasteiger partial charge in [-0.25, -0.2) is 4.98 Å². The largest absolute Gasteiger partial charge is 0.293 e. The number of hydrogen-bond acceptors (Lipinski definition) is 3. The second-order valence-corrected chi connectivity index (χ2v) is 12.6. The Kier molecular flexibility index (Phi) is 5.15. The Labute approximate surface area is 325 Å². The van der Waals surface area contributed by atoms with Gasteiger partial charge in [0.2, 0.25) is 0 Å². The molecule has 0 amide bonds. The van der Waals surface area contributed by atoms with Crippen LogP contribution in [-0.4, -0.2) is 14.1 Å². The van der Waals surface area contributed by atoms with Gasteiger partial charge in [0.1, 0.15) is 23.3 Å². The molecule has 10 rings (SSSR count). The molecule has 3 aromatic heterocycles. The van der Waals surface area contributed by atoms with Gasteiger partial charge >= 0.3 is 0 Å². The van der Waals surface area contributed by atoms with Crippen LogP contribution in [0.2, 0.25) is 0 Å². The molecule has 250 valence electrons. The van der Waals surface area contributed by atoms with Crippen LogP contribution in [0.1, 0.15) is 24.8 Å². The molecule has 0 fully saturated rings. The van der Waals surface area contributed by atoms with Crippen molar-refractivity contribution in [1.29, 1.82) is 10.5 Å². The maximum Gasteiger partial charge on any atom is 0.158 e. The molecule has 0 bridgehead atoms. The molecule has 0 aliphatic rings. The summed E-state index contributed by atoms with van der Waals surface area (Å²) in [4.78, 5) is 5.30. The fraction of sp³-hybridized carbons (Fsp3) is 0. The van der Waals surface area contributed by atoms with Crippen molar-refractivity contribution >= 4 is 43.6 Å². The van der Waals surface area contributed by atoms with E-state index in [4.69, 9.17) is 18.7 Å². The van der Waals surface area contributed by atoms with E-state index in [0.29, 0.717) is 44.3 Å². The Morgan fingerprint density at radius 2 is 0.852 bits per heavy atom. The molecule has 0 aliphatic heterocycles. The van der Waals surface area contributed by atoms with E-state index in [0.717, 1.165) is 21.5 Å².